The average molecular weight is 227 g/mol. The maximum Gasteiger partial charge on any atom is 1.00 e. The topological polar surface area (TPSA) is 49.0 Å². The molecule has 0 amide bonds. The average Bonchev–Trinajstić information content (AvgIpc) is 2.27. The van der Waals surface area contributed by atoms with E-state index in [1.54, 1.807) is 0 Å². The second-order valence-electron chi connectivity index (χ2n) is 3.20. The minimum atomic E-state index is 0. The van der Waals surface area contributed by atoms with E-state index in [0.29, 0.717) is 39.6 Å². The van der Waals surface area contributed by atoms with E-state index < -0.39 is 0 Å². The van der Waals surface area contributed by atoms with Crippen LogP contribution in [-0.2, 0) is 18.9 Å². The molecule has 0 aromatic rings. The van der Waals surface area contributed by atoms with E-state index in [-0.39, 0.29) is 20.3 Å². The third-order valence-electron chi connectivity index (χ3n) is 1.96. The first kappa shape index (κ1) is 16.4. The summed E-state index contributed by atoms with van der Waals surface area (Å²) in [6.07, 6.45) is 0. The molecule has 1 aliphatic rings. The van der Waals surface area contributed by atoms with Crippen molar-refractivity contribution in [1.29, 1.82) is 0 Å². The summed E-state index contributed by atoms with van der Waals surface area (Å²) >= 11 is 0. The molecular weight excluding hydrogens is 205 g/mol. The van der Waals surface area contributed by atoms with E-state index in [9.17, 15) is 0 Å². The molecule has 0 aromatic heterocycles. The second-order valence-corrected chi connectivity index (χ2v) is 3.20. The number of hydrogen-bond donors (Lipinski definition) is 1. The zero-order valence-electron chi connectivity index (χ0n) is 11.2. The maximum absolute atomic E-state index is 5.34. The molecule has 0 atom stereocenters. The number of hydrogen-bond acceptors (Lipinski definition) is 5. The van der Waals surface area contributed by atoms with Gasteiger partial charge in [0.25, 0.3) is 0 Å². The van der Waals surface area contributed by atoms with Crippen LogP contribution in [0.1, 0.15) is 1.43 Å². The molecule has 6 heteroatoms. The van der Waals surface area contributed by atoms with Gasteiger partial charge in [0.15, 0.2) is 0 Å². The third kappa shape index (κ3) is 10.9. The molecule has 0 unspecified atom stereocenters. The van der Waals surface area contributed by atoms with Crippen molar-refractivity contribution in [2.24, 2.45) is 0 Å². The summed E-state index contributed by atoms with van der Waals surface area (Å²) in [5.41, 5.74) is 0. The van der Waals surface area contributed by atoms with Crippen LogP contribution in [-0.4, -0.2) is 65.9 Å². The van der Waals surface area contributed by atoms with Crippen molar-refractivity contribution < 1.29 is 39.2 Å². The minimum absolute atomic E-state index is 0. The van der Waals surface area contributed by atoms with Crippen molar-refractivity contribution in [2.45, 2.75) is 0 Å². The van der Waals surface area contributed by atoms with Gasteiger partial charge in [-0.1, -0.05) is 0 Å². The SMILES string of the molecule is C1COCCOCCOCCOCCN1.[H-].[Li+]. The van der Waals surface area contributed by atoms with Crippen LogP contribution in [0.15, 0.2) is 0 Å². The maximum atomic E-state index is 5.34. The summed E-state index contributed by atoms with van der Waals surface area (Å²) in [5.74, 6) is 0. The van der Waals surface area contributed by atoms with Crippen LogP contribution < -0.4 is 24.2 Å². The van der Waals surface area contributed by atoms with Gasteiger partial charge in [-0.3, -0.25) is 0 Å². The molecular formula is C10H22LiNO4. The van der Waals surface area contributed by atoms with Crippen LogP contribution in [0, 0.1) is 0 Å². The largest absolute Gasteiger partial charge is 1.00 e. The normalized spacial score (nSPS) is 22.5. The molecule has 16 heavy (non-hydrogen) atoms. The van der Waals surface area contributed by atoms with Crippen molar-refractivity contribution in [3.05, 3.63) is 0 Å². The van der Waals surface area contributed by atoms with Crippen molar-refractivity contribution in [3.63, 3.8) is 0 Å². The molecule has 0 aliphatic carbocycles. The van der Waals surface area contributed by atoms with Gasteiger partial charge < -0.3 is 25.7 Å². The first-order valence-corrected chi connectivity index (χ1v) is 5.52. The van der Waals surface area contributed by atoms with Crippen molar-refractivity contribution >= 4 is 0 Å². The van der Waals surface area contributed by atoms with Gasteiger partial charge in [0, 0.05) is 13.1 Å². The van der Waals surface area contributed by atoms with E-state index in [2.05, 4.69) is 5.32 Å². The van der Waals surface area contributed by atoms with E-state index >= 15 is 0 Å². The van der Waals surface area contributed by atoms with Crippen molar-refractivity contribution in [3.8, 4) is 0 Å². The number of nitrogens with one attached hydrogen (secondary N) is 1. The molecule has 0 bridgehead atoms. The monoisotopic (exact) mass is 227 g/mol. The predicted molar refractivity (Wildman–Crippen MR) is 57.3 cm³/mol. The summed E-state index contributed by atoms with van der Waals surface area (Å²) in [6.45, 7) is 7.00. The predicted octanol–water partition coefficient (Wildman–Crippen LogP) is -3.23. The second kappa shape index (κ2) is 13.5. The van der Waals surface area contributed by atoms with Gasteiger partial charge in [-0.25, -0.2) is 0 Å². The van der Waals surface area contributed by atoms with E-state index in [0.717, 1.165) is 26.3 Å². The Kier molecular flexibility index (Phi) is 13.8. The Balaban J connectivity index is 0. The molecule has 1 fully saturated rings. The molecule has 5 nitrogen and oxygen atoms in total. The van der Waals surface area contributed by atoms with Gasteiger partial charge in [-0.2, -0.15) is 0 Å². The Bertz CT molecular complexity index is 86.9. The van der Waals surface area contributed by atoms with Crippen LogP contribution >= 0.6 is 0 Å². The summed E-state index contributed by atoms with van der Waals surface area (Å²) in [7, 11) is 0. The zero-order valence-corrected chi connectivity index (χ0v) is 10.2. The van der Waals surface area contributed by atoms with E-state index in [4.69, 9.17) is 18.9 Å². The van der Waals surface area contributed by atoms with Crippen molar-refractivity contribution in [1.82, 2.24) is 5.32 Å². The van der Waals surface area contributed by atoms with E-state index in [1.807, 2.05) is 0 Å². The third-order valence-corrected chi connectivity index (χ3v) is 1.96. The fourth-order valence-corrected chi connectivity index (χ4v) is 1.18. The van der Waals surface area contributed by atoms with E-state index in [1.165, 1.54) is 0 Å². The zero-order chi connectivity index (χ0) is 10.6. The van der Waals surface area contributed by atoms with Crippen LogP contribution in [0.25, 0.3) is 0 Å². The van der Waals surface area contributed by atoms with Crippen LogP contribution in [0.5, 0.6) is 0 Å². The van der Waals surface area contributed by atoms with Gasteiger partial charge in [-0.15, -0.1) is 0 Å². The van der Waals surface area contributed by atoms with Crippen LogP contribution in [0.2, 0.25) is 0 Å². The molecule has 0 radical (unpaired) electrons. The molecule has 1 heterocycles. The van der Waals surface area contributed by atoms with Crippen LogP contribution in [0.4, 0.5) is 0 Å². The summed E-state index contributed by atoms with van der Waals surface area (Å²) in [4.78, 5) is 0. The van der Waals surface area contributed by atoms with Gasteiger partial charge in [0.1, 0.15) is 0 Å². The van der Waals surface area contributed by atoms with Gasteiger partial charge >= 0.3 is 18.9 Å². The first-order chi connectivity index (χ1) is 7.50. The number of ether oxygens (including phenoxy) is 4. The molecule has 1 N–H and O–H groups in total. The quantitative estimate of drug-likeness (QED) is 0.441. The molecule has 1 rings (SSSR count). The molecule has 1 saturated heterocycles. The fourth-order valence-electron chi connectivity index (χ4n) is 1.18. The number of rotatable bonds is 0. The van der Waals surface area contributed by atoms with Crippen molar-refractivity contribution in [2.75, 3.05) is 65.9 Å². The Morgan fingerprint density at radius 3 is 1.25 bits per heavy atom. The van der Waals surface area contributed by atoms with Gasteiger partial charge in [0.2, 0.25) is 0 Å². The Labute approximate surface area is 111 Å². The molecule has 0 saturated carbocycles. The molecule has 92 valence electrons. The summed E-state index contributed by atoms with van der Waals surface area (Å²) < 4.78 is 21.3. The first-order valence-electron chi connectivity index (χ1n) is 5.52. The molecule has 0 aromatic carbocycles. The fraction of sp³-hybridized carbons (Fsp3) is 1.00. The molecule has 0 spiro atoms. The smallest absolute Gasteiger partial charge is 1.00 e. The Hall–Kier alpha value is 0.397. The van der Waals surface area contributed by atoms with Gasteiger partial charge in [-0.05, 0) is 0 Å². The Morgan fingerprint density at radius 1 is 0.562 bits per heavy atom. The van der Waals surface area contributed by atoms with Crippen LogP contribution in [0.3, 0.4) is 0 Å². The van der Waals surface area contributed by atoms with Gasteiger partial charge in [0.05, 0.1) is 52.9 Å². The summed E-state index contributed by atoms with van der Waals surface area (Å²) in [5, 5.41) is 3.22. The Morgan fingerprint density at radius 2 is 0.875 bits per heavy atom. The minimum Gasteiger partial charge on any atom is -1.00 e. The molecule has 1 aliphatic heterocycles. The summed E-state index contributed by atoms with van der Waals surface area (Å²) in [6, 6.07) is 0. The standard InChI is InChI=1S/C10H21NO4.Li.H/c1-3-12-5-7-14-9-10-15-8-6-13-4-2-11-1;;/h11H,1-10H2;;/q;+1;-1.